The molecule has 1 fully saturated rings. The lowest BCUT2D eigenvalue weighted by Gasteiger charge is -2.30. The molecule has 7 heteroatoms. The second-order valence-corrected chi connectivity index (χ2v) is 6.06. The Morgan fingerprint density at radius 1 is 1.29 bits per heavy atom. The number of oxazole rings is 1. The summed E-state index contributed by atoms with van der Waals surface area (Å²) in [5.41, 5.74) is 1.73. The Morgan fingerprint density at radius 2 is 2.21 bits per heavy atom. The van der Waals surface area contributed by atoms with E-state index in [4.69, 9.17) is 9.15 Å². The van der Waals surface area contributed by atoms with Crippen LogP contribution in [0.25, 0.3) is 11.1 Å². The normalized spacial score (nSPS) is 19.1. The zero-order chi connectivity index (χ0) is 16.4. The molecule has 1 saturated heterocycles. The molecule has 3 aromatic rings. The highest BCUT2D eigenvalue weighted by Crippen LogP contribution is 2.22. The summed E-state index contributed by atoms with van der Waals surface area (Å²) in [6.45, 7) is 5.04. The molecule has 0 saturated carbocycles. The number of aromatic amines is 1. The van der Waals surface area contributed by atoms with Crippen LogP contribution in [0.2, 0.25) is 0 Å². The van der Waals surface area contributed by atoms with Crippen molar-refractivity contribution in [3.63, 3.8) is 0 Å². The molecule has 0 amide bonds. The Morgan fingerprint density at radius 3 is 3.08 bits per heavy atom. The summed E-state index contributed by atoms with van der Waals surface area (Å²) in [6, 6.07) is 7.83. The van der Waals surface area contributed by atoms with Gasteiger partial charge in [0.1, 0.15) is 17.4 Å². The topological polar surface area (TPSA) is 80.1 Å². The molecule has 0 bridgehead atoms. The molecule has 1 atom stereocenters. The first-order chi connectivity index (χ1) is 11.8. The van der Waals surface area contributed by atoms with E-state index in [1.807, 2.05) is 24.3 Å². The summed E-state index contributed by atoms with van der Waals surface area (Å²) >= 11 is 0. The van der Waals surface area contributed by atoms with E-state index < -0.39 is 0 Å². The van der Waals surface area contributed by atoms with Gasteiger partial charge >= 0.3 is 0 Å². The summed E-state index contributed by atoms with van der Waals surface area (Å²) in [7, 11) is 0. The van der Waals surface area contributed by atoms with Gasteiger partial charge in [-0.15, -0.1) is 0 Å². The molecule has 3 heterocycles. The maximum absolute atomic E-state index is 5.84. The maximum atomic E-state index is 5.84. The Hall–Kier alpha value is -2.25. The third-order valence-corrected chi connectivity index (χ3v) is 4.17. The lowest BCUT2D eigenvalue weighted by Crippen LogP contribution is -2.38. The van der Waals surface area contributed by atoms with Gasteiger partial charge in [0.2, 0.25) is 5.89 Å². The highest BCUT2D eigenvalue weighted by molar-refractivity contribution is 5.72. The molecule has 126 valence electrons. The van der Waals surface area contributed by atoms with E-state index >= 15 is 0 Å². The Labute approximate surface area is 140 Å². The molecule has 0 unspecified atom stereocenters. The second-order valence-electron chi connectivity index (χ2n) is 6.06. The van der Waals surface area contributed by atoms with Crippen molar-refractivity contribution >= 4 is 11.1 Å². The number of ether oxygens (including phenoxy) is 1. The highest BCUT2D eigenvalue weighted by Gasteiger charge is 2.26. The zero-order valence-electron chi connectivity index (χ0n) is 13.7. The first kappa shape index (κ1) is 15.3. The predicted octanol–water partition coefficient (Wildman–Crippen LogP) is 2.47. The largest absolute Gasteiger partial charge is 0.439 e. The fourth-order valence-electron chi connectivity index (χ4n) is 2.98. The Balaban J connectivity index is 1.44. The summed E-state index contributed by atoms with van der Waals surface area (Å²) in [5.74, 6) is 2.39. The van der Waals surface area contributed by atoms with Crippen molar-refractivity contribution in [1.29, 1.82) is 0 Å². The molecule has 24 heavy (non-hydrogen) atoms. The van der Waals surface area contributed by atoms with E-state index in [9.17, 15) is 0 Å². The number of H-pyrrole nitrogens is 1. The molecule has 7 nitrogen and oxygen atoms in total. The summed E-state index contributed by atoms with van der Waals surface area (Å²) in [4.78, 5) is 11.4. The number of aromatic nitrogens is 4. The van der Waals surface area contributed by atoms with Gasteiger partial charge in [0, 0.05) is 19.5 Å². The highest BCUT2D eigenvalue weighted by atomic mass is 16.5. The molecule has 1 aromatic carbocycles. The maximum Gasteiger partial charge on any atom is 0.209 e. The van der Waals surface area contributed by atoms with Crippen LogP contribution in [0.4, 0.5) is 0 Å². The van der Waals surface area contributed by atoms with Crippen molar-refractivity contribution in [3.05, 3.63) is 41.8 Å². The smallest absolute Gasteiger partial charge is 0.209 e. The Bertz CT molecular complexity index is 779. The standard InChI is InChI=1S/C17H21N5O2/c1-2-5-15-19-17(21-20-15)14-10-22(8-9-23-14)11-16-18-12-6-3-4-7-13(12)24-16/h3-4,6-7,14H,2,5,8-11H2,1H3,(H,19,20,21)/t14-/m0/s1. The summed E-state index contributed by atoms with van der Waals surface area (Å²) < 4.78 is 11.7. The zero-order valence-corrected chi connectivity index (χ0v) is 13.7. The van der Waals surface area contributed by atoms with Gasteiger partial charge in [-0.3, -0.25) is 10.00 Å². The number of aryl methyl sites for hydroxylation is 1. The lowest BCUT2D eigenvalue weighted by atomic mass is 10.2. The van der Waals surface area contributed by atoms with Crippen LogP contribution in [0.1, 0.15) is 37.0 Å². The SMILES string of the molecule is CCCc1nc([C@@H]2CN(Cc3nc4ccccc4o3)CCO2)n[nH]1. The monoisotopic (exact) mass is 327 g/mol. The molecule has 1 aliphatic rings. The van der Waals surface area contributed by atoms with E-state index in [1.54, 1.807) is 0 Å². The van der Waals surface area contributed by atoms with E-state index in [0.29, 0.717) is 13.2 Å². The number of morpholine rings is 1. The number of hydrogen-bond donors (Lipinski definition) is 1. The van der Waals surface area contributed by atoms with E-state index in [1.165, 1.54) is 0 Å². The number of nitrogens with one attached hydrogen (secondary N) is 1. The first-order valence-electron chi connectivity index (χ1n) is 8.41. The van der Waals surface area contributed by atoms with Crippen LogP contribution in [-0.4, -0.2) is 44.8 Å². The molecule has 0 spiro atoms. The van der Waals surface area contributed by atoms with Crippen LogP contribution in [0.5, 0.6) is 0 Å². The lowest BCUT2D eigenvalue weighted by molar-refractivity contribution is -0.0391. The summed E-state index contributed by atoms with van der Waals surface area (Å²) in [6.07, 6.45) is 1.85. The minimum atomic E-state index is -0.106. The average molecular weight is 327 g/mol. The molecule has 1 N–H and O–H groups in total. The first-order valence-corrected chi connectivity index (χ1v) is 8.41. The van der Waals surface area contributed by atoms with Gasteiger partial charge in [-0.2, -0.15) is 5.10 Å². The number of rotatable bonds is 5. The van der Waals surface area contributed by atoms with Crippen LogP contribution in [-0.2, 0) is 17.7 Å². The van der Waals surface area contributed by atoms with Crippen LogP contribution in [0.3, 0.4) is 0 Å². The minimum Gasteiger partial charge on any atom is -0.439 e. The van der Waals surface area contributed by atoms with Gasteiger partial charge in [-0.1, -0.05) is 19.1 Å². The second kappa shape index (κ2) is 6.70. The number of fused-ring (bicyclic) bond motifs is 1. The van der Waals surface area contributed by atoms with Crippen molar-refractivity contribution in [2.75, 3.05) is 19.7 Å². The molecule has 1 aliphatic heterocycles. The third-order valence-electron chi connectivity index (χ3n) is 4.17. The Kier molecular flexibility index (Phi) is 4.27. The van der Waals surface area contributed by atoms with Crippen LogP contribution in [0, 0.1) is 0 Å². The summed E-state index contributed by atoms with van der Waals surface area (Å²) in [5, 5.41) is 7.30. The van der Waals surface area contributed by atoms with E-state index in [0.717, 1.165) is 54.6 Å². The van der Waals surface area contributed by atoms with Gasteiger partial charge in [0.25, 0.3) is 0 Å². The fraction of sp³-hybridized carbons (Fsp3) is 0.471. The van der Waals surface area contributed by atoms with Crippen molar-refractivity contribution in [2.24, 2.45) is 0 Å². The predicted molar refractivity (Wildman–Crippen MR) is 88.4 cm³/mol. The minimum absolute atomic E-state index is 0.106. The number of nitrogens with zero attached hydrogens (tertiary/aromatic N) is 4. The van der Waals surface area contributed by atoms with Crippen LogP contribution >= 0.6 is 0 Å². The van der Waals surface area contributed by atoms with Crippen molar-refractivity contribution in [1.82, 2.24) is 25.1 Å². The number of benzene rings is 1. The van der Waals surface area contributed by atoms with Gasteiger partial charge < -0.3 is 9.15 Å². The molecular formula is C17H21N5O2. The van der Waals surface area contributed by atoms with Crippen molar-refractivity contribution in [2.45, 2.75) is 32.4 Å². The number of hydrogen-bond acceptors (Lipinski definition) is 6. The molecular weight excluding hydrogens is 306 g/mol. The van der Waals surface area contributed by atoms with E-state index in [-0.39, 0.29) is 6.10 Å². The van der Waals surface area contributed by atoms with Gasteiger partial charge in [0.05, 0.1) is 13.2 Å². The van der Waals surface area contributed by atoms with Crippen LogP contribution in [0.15, 0.2) is 28.7 Å². The average Bonchev–Trinajstić information content (AvgIpc) is 3.21. The molecule has 4 rings (SSSR count). The van der Waals surface area contributed by atoms with Crippen molar-refractivity contribution in [3.8, 4) is 0 Å². The quantitative estimate of drug-likeness (QED) is 0.775. The fourth-order valence-corrected chi connectivity index (χ4v) is 2.98. The van der Waals surface area contributed by atoms with E-state index in [2.05, 4.69) is 32.0 Å². The van der Waals surface area contributed by atoms with Crippen molar-refractivity contribution < 1.29 is 9.15 Å². The molecule has 2 aromatic heterocycles. The number of para-hydroxylation sites is 2. The van der Waals surface area contributed by atoms with Gasteiger partial charge in [-0.05, 0) is 18.6 Å². The van der Waals surface area contributed by atoms with Gasteiger partial charge in [-0.25, -0.2) is 9.97 Å². The van der Waals surface area contributed by atoms with Gasteiger partial charge in [0.15, 0.2) is 11.4 Å². The molecule has 0 aliphatic carbocycles. The molecule has 0 radical (unpaired) electrons. The third kappa shape index (κ3) is 3.18. The van der Waals surface area contributed by atoms with Crippen LogP contribution < -0.4 is 0 Å².